The van der Waals surface area contributed by atoms with Crippen LogP contribution in [0.15, 0.2) is 30.5 Å². The number of rotatable bonds is 3. The van der Waals surface area contributed by atoms with Gasteiger partial charge in [0.2, 0.25) is 0 Å². The van der Waals surface area contributed by atoms with E-state index in [-0.39, 0.29) is 12.3 Å². The molecule has 0 amide bonds. The van der Waals surface area contributed by atoms with Gasteiger partial charge in [-0.05, 0) is 31.2 Å². The van der Waals surface area contributed by atoms with E-state index in [9.17, 15) is 13.2 Å². The lowest BCUT2D eigenvalue weighted by atomic mass is 10.2. The molecular formula is C12H12F3N3O. The molecule has 2 N–H and O–H groups in total. The number of halogens is 3. The molecule has 0 aliphatic carbocycles. The average molecular weight is 271 g/mol. The van der Waals surface area contributed by atoms with Crippen molar-refractivity contribution in [3.05, 3.63) is 41.7 Å². The first-order valence-corrected chi connectivity index (χ1v) is 5.50. The van der Waals surface area contributed by atoms with Crippen LogP contribution in [0.4, 0.5) is 18.9 Å². The molecule has 0 bridgehead atoms. The summed E-state index contributed by atoms with van der Waals surface area (Å²) >= 11 is 0. The van der Waals surface area contributed by atoms with Crippen LogP contribution < -0.4 is 5.32 Å². The first-order chi connectivity index (χ1) is 8.89. The number of hydrogen-bond donors (Lipinski definition) is 2. The van der Waals surface area contributed by atoms with Gasteiger partial charge in [-0.1, -0.05) is 0 Å². The maximum absolute atomic E-state index is 12.1. The average Bonchev–Trinajstić information content (AvgIpc) is 2.69. The second kappa shape index (κ2) is 4.93. The van der Waals surface area contributed by atoms with Gasteiger partial charge in [0.05, 0.1) is 18.0 Å². The van der Waals surface area contributed by atoms with Crippen molar-refractivity contribution in [2.24, 2.45) is 0 Å². The number of anilines is 1. The Morgan fingerprint density at radius 2 is 1.89 bits per heavy atom. The summed E-state index contributed by atoms with van der Waals surface area (Å²) < 4.78 is 37.8. The first kappa shape index (κ1) is 13.4. The minimum atomic E-state index is -4.45. The van der Waals surface area contributed by atoms with E-state index in [0.29, 0.717) is 16.9 Å². The van der Waals surface area contributed by atoms with Crippen molar-refractivity contribution in [3.8, 4) is 5.69 Å². The lowest BCUT2D eigenvalue weighted by molar-refractivity contribution is -0.0999. The molecular weight excluding hydrogens is 259 g/mol. The van der Waals surface area contributed by atoms with E-state index in [1.54, 1.807) is 13.1 Å². The summed E-state index contributed by atoms with van der Waals surface area (Å²) in [7, 11) is 0. The number of benzene rings is 1. The fourth-order valence-electron chi connectivity index (χ4n) is 1.64. The summed E-state index contributed by atoms with van der Waals surface area (Å²) in [6.07, 6.45) is -2.81. The smallest absolute Gasteiger partial charge is 0.392 e. The van der Waals surface area contributed by atoms with Crippen molar-refractivity contribution in [2.75, 3.05) is 5.32 Å². The molecule has 2 aromatic rings. The molecule has 4 nitrogen and oxygen atoms in total. The lowest BCUT2D eigenvalue weighted by Gasteiger charge is -2.10. The number of alkyl halides is 3. The highest BCUT2D eigenvalue weighted by molar-refractivity contribution is 5.49. The molecule has 0 radical (unpaired) electrons. The van der Waals surface area contributed by atoms with E-state index in [4.69, 9.17) is 5.11 Å². The topological polar surface area (TPSA) is 50.1 Å². The molecule has 0 atom stereocenters. The summed E-state index contributed by atoms with van der Waals surface area (Å²) in [6, 6.07) is 5.67. The molecule has 1 heterocycles. The monoisotopic (exact) mass is 271 g/mol. The molecule has 0 spiro atoms. The fraction of sp³-hybridized carbons (Fsp3) is 0.250. The molecule has 0 aliphatic rings. The van der Waals surface area contributed by atoms with Gasteiger partial charge in [-0.15, -0.1) is 0 Å². The Morgan fingerprint density at radius 3 is 2.37 bits per heavy atom. The van der Waals surface area contributed by atoms with Crippen molar-refractivity contribution in [1.29, 1.82) is 0 Å². The van der Waals surface area contributed by atoms with Gasteiger partial charge in [0.15, 0.2) is 0 Å². The standard InChI is InChI=1S/C12H12F3N3O/c1-8-9(7-19)6-18(17-8)11-4-2-10(3-5-11)16-12(13,14)15/h2-6,16,19H,7H2,1H3. The van der Waals surface area contributed by atoms with Gasteiger partial charge < -0.3 is 5.11 Å². The van der Waals surface area contributed by atoms with Crippen LogP contribution in [0, 0.1) is 6.92 Å². The maximum atomic E-state index is 12.1. The lowest BCUT2D eigenvalue weighted by Crippen LogP contribution is -2.20. The zero-order valence-corrected chi connectivity index (χ0v) is 10.1. The number of aliphatic hydroxyl groups excluding tert-OH is 1. The van der Waals surface area contributed by atoms with Gasteiger partial charge in [0.25, 0.3) is 0 Å². The van der Waals surface area contributed by atoms with E-state index in [1.807, 2.05) is 0 Å². The summed E-state index contributed by atoms with van der Waals surface area (Å²) in [4.78, 5) is 0. The van der Waals surface area contributed by atoms with E-state index in [1.165, 1.54) is 34.3 Å². The predicted octanol–water partition coefficient (Wildman–Crippen LogP) is 2.60. The molecule has 2 rings (SSSR count). The Bertz CT molecular complexity index is 561. The quantitative estimate of drug-likeness (QED) is 0.844. The summed E-state index contributed by atoms with van der Waals surface area (Å²) in [5.74, 6) is 0. The highest BCUT2D eigenvalue weighted by Crippen LogP contribution is 2.21. The van der Waals surface area contributed by atoms with E-state index in [2.05, 4.69) is 5.10 Å². The zero-order valence-electron chi connectivity index (χ0n) is 10.1. The summed E-state index contributed by atoms with van der Waals surface area (Å²) in [5.41, 5.74) is 1.94. The van der Waals surface area contributed by atoms with Gasteiger partial charge in [-0.3, -0.25) is 5.32 Å². The third-order valence-corrected chi connectivity index (χ3v) is 2.59. The Morgan fingerprint density at radius 1 is 1.26 bits per heavy atom. The van der Waals surface area contributed by atoms with Crippen LogP contribution in [-0.4, -0.2) is 21.2 Å². The number of aromatic nitrogens is 2. The molecule has 0 aliphatic heterocycles. The number of hydrogen-bond acceptors (Lipinski definition) is 3. The van der Waals surface area contributed by atoms with Crippen LogP contribution in [0.1, 0.15) is 11.3 Å². The SMILES string of the molecule is Cc1nn(-c2ccc(NC(F)(F)F)cc2)cc1CO. The van der Waals surface area contributed by atoms with E-state index >= 15 is 0 Å². The highest BCUT2D eigenvalue weighted by atomic mass is 19.4. The van der Waals surface area contributed by atoms with Crippen molar-refractivity contribution >= 4 is 5.69 Å². The Balaban J connectivity index is 2.22. The van der Waals surface area contributed by atoms with Gasteiger partial charge >= 0.3 is 6.30 Å². The highest BCUT2D eigenvalue weighted by Gasteiger charge is 2.26. The van der Waals surface area contributed by atoms with Crippen LogP contribution in [0.5, 0.6) is 0 Å². The molecule has 0 saturated heterocycles. The third kappa shape index (κ3) is 3.25. The van der Waals surface area contributed by atoms with Gasteiger partial charge in [0, 0.05) is 17.4 Å². The molecule has 19 heavy (non-hydrogen) atoms. The van der Waals surface area contributed by atoms with Crippen molar-refractivity contribution in [2.45, 2.75) is 19.8 Å². The second-order valence-electron chi connectivity index (χ2n) is 4.01. The number of aryl methyl sites for hydroxylation is 1. The van der Waals surface area contributed by atoms with Crippen molar-refractivity contribution < 1.29 is 18.3 Å². The Hall–Kier alpha value is -2.02. The molecule has 1 aromatic carbocycles. The van der Waals surface area contributed by atoms with E-state index in [0.717, 1.165) is 0 Å². The third-order valence-electron chi connectivity index (χ3n) is 2.59. The summed E-state index contributed by atoms with van der Waals surface area (Å²) in [6.45, 7) is 1.63. The number of nitrogens with one attached hydrogen (secondary N) is 1. The number of aliphatic hydroxyl groups is 1. The molecule has 7 heteroatoms. The van der Waals surface area contributed by atoms with Gasteiger partial charge in [0.1, 0.15) is 0 Å². The fourth-order valence-corrected chi connectivity index (χ4v) is 1.64. The van der Waals surface area contributed by atoms with Crippen LogP contribution in [-0.2, 0) is 6.61 Å². The molecule has 0 fully saturated rings. The van der Waals surface area contributed by atoms with Crippen LogP contribution in [0.3, 0.4) is 0 Å². The Labute approximate surface area is 107 Å². The second-order valence-corrected chi connectivity index (χ2v) is 4.01. The largest absolute Gasteiger partial charge is 0.482 e. The van der Waals surface area contributed by atoms with Crippen molar-refractivity contribution in [3.63, 3.8) is 0 Å². The molecule has 102 valence electrons. The minimum absolute atomic E-state index is 0.0393. The molecule has 0 unspecified atom stereocenters. The first-order valence-electron chi connectivity index (χ1n) is 5.50. The maximum Gasteiger partial charge on any atom is 0.482 e. The van der Waals surface area contributed by atoms with Crippen LogP contribution >= 0.6 is 0 Å². The normalized spacial score (nSPS) is 11.6. The minimum Gasteiger partial charge on any atom is -0.392 e. The number of nitrogens with zero attached hydrogens (tertiary/aromatic N) is 2. The van der Waals surface area contributed by atoms with Crippen LogP contribution in [0.2, 0.25) is 0 Å². The van der Waals surface area contributed by atoms with Gasteiger partial charge in [-0.25, -0.2) is 4.68 Å². The molecule has 1 aromatic heterocycles. The van der Waals surface area contributed by atoms with Crippen molar-refractivity contribution in [1.82, 2.24) is 9.78 Å². The predicted molar refractivity (Wildman–Crippen MR) is 63.9 cm³/mol. The zero-order chi connectivity index (χ0) is 14.0. The van der Waals surface area contributed by atoms with Crippen LogP contribution in [0.25, 0.3) is 5.69 Å². The summed E-state index contributed by atoms with van der Waals surface area (Å²) in [5, 5.41) is 14.6. The van der Waals surface area contributed by atoms with E-state index < -0.39 is 6.30 Å². The van der Waals surface area contributed by atoms with Gasteiger partial charge in [-0.2, -0.15) is 18.3 Å². The molecule has 0 saturated carbocycles. The Kier molecular flexibility index (Phi) is 3.48.